The summed E-state index contributed by atoms with van der Waals surface area (Å²) >= 11 is 0. The maximum atomic E-state index is 6.34. The fourth-order valence-corrected chi connectivity index (χ4v) is 1.92. The molecule has 0 spiro atoms. The normalized spacial score (nSPS) is 14.7. The molecule has 1 unspecified atom stereocenters. The van der Waals surface area contributed by atoms with Crippen LogP contribution in [0.2, 0.25) is 0 Å². The molecule has 0 fully saturated rings. The van der Waals surface area contributed by atoms with Gasteiger partial charge in [-0.3, -0.25) is 0 Å². The maximum absolute atomic E-state index is 6.34. The zero-order valence-corrected chi connectivity index (χ0v) is 11.5. The Bertz CT molecular complexity index is 327. The van der Waals surface area contributed by atoms with Crippen LogP contribution in [0.15, 0.2) is 24.3 Å². The minimum absolute atomic E-state index is 0.112. The average molecular weight is 235 g/mol. The van der Waals surface area contributed by atoms with Crippen LogP contribution in [0, 0.1) is 5.92 Å². The third-order valence-corrected chi connectivity index (χ3v) is 3.06. The zero-order valence-electron chi connectivity index (χ0n) is 11.5. The quantitative estimate of drug-likeness (QED) is 0.820. The topological polar surface area (TPSA) is 35.2 Å². The molecule has 0 aliphatic carbocycles. The largest absolute Gasteiger partial charge is 0.497 e. The molecule has 0 aliphatic heterocycles. The third-order valence-electron chi connectivity index (χ3n) is 3.06. The summed E-state index contributed by atoms with van der Waals surface area (Å²) in [5.41, 5.74) is 7.50. The number of hydrogen-bond acceptors (Lipinski definition) is 2. The summed E-state index contributed by atoms with van der Waals surface area (Å²) in [5.74, 6) is 1.61. The molecule has 1 aromatic carbocycles. The second-order valence-electron chi connectivity index (χ2n) is 5.61. The molecule has 2 nitrogen and oxygen atoms in total. The lowest BCUT2D eigenvalue weighted by Crippen LogP contribution is -2.38. The Labute approximate surface area is 105 Å². The summed E-state index contributed by atoms with van der Waals surface area (Å²) in [7, 11) is 1.69. The lowest BCUT2D eigenvalue weighted by atomic mass is 9.87. The fraction of sp³-hybridized carbons (Fsp3) is 0.600. The van der Waals surface area contributed by atoms with Gasteiger partial charge in [-0.25, -0.2) is 0 Å². The van der Waals surface area contributed by atoms with Gasteiger partial charge in [0, 0.05) is 5.54 Å². The van der Waals surface area contributed by atoms with Gasteiger partial charge in [-0.1, -0.05) is 26.0 Å². The van der Waals surface area contributed by atoms with Crippen molar-refractivity contribution < 1.29 is 4.74 Å². The highest BCUT2D eigenvalue weighted by Gasteiger charge is 2.19. The number of methoxy groups -OCH3 is 1. The number of benzene rings is 1. The molecule has 0 saturated carbocycles. The summed E-state index contributed by atoms with van der Waals surface area (Å²) in [5, 5.41) is 0. The van der Waals surface area contributed by atoms with Gasteiger partial charge < -0.3 is 10.5 Å². The third kappa shape index (κ3) is 5.22. The first-order valence-corrected chi connectivity index (χ1v) is 6.35. The summed E-state index contributed by atoms with van der Waals surface area (Å²) in [4.78, 5) is 0. The molecular formula is C15H25NO. The van der Waals surface area contributed by atoms with Crippen LogP contribution >= 0.6 is 0 Å². The van der Waals surface area contributed by atoms with Crippen molar-refractivity contribution in [3.05, 3.63) is 29.8 Å². The average Bonchev–Trinajstić information content (AvgIpc) is 2.27. The van der Waals surface area contributed by atoms with E-state index in [9.17, 15) is 0 Å². The second-order valence-corrected chi connectivity index (χ2v) is 5.61. The van der Waals surface area contributed by atoms with Crippen molar-refractivity contribution in [2.24, 2.45) is 11.7 Å². The van der Waals surface area contributed by atoms with Crippen LogP contribution in [-0.4, -0.2) is 12.6 Å². The summed E-state index contributed by atoms with van der Waals surface area (Å²) in [6, 6.07) is 8.18. The van der Waals surface area contributed by atoms with Gasteiger partial charge in [-0.2, -0.15) is 0 Å². The van der Waals surface area contributed by atoms with Gasteiger partial charge >= 0.3 is 0 Å². The Hall–Kier alpha value is -1.02. The van der Waals surface area contributed by atoms with Crippen molar-refractivity contribution in [3.63, 3.8) is 0 Å². The van der Waals surface area contributed by atoms with E-state index in [0.29, 0.717) is 5.92 Å². The number of rotatable bonds is 6. The Morgan fingerprint density at radius 2 is 1.82 bits per heavy atom. The summed E-state index contributed by atoms with van der Waals surface area (Å²) in [6.07, 6.45) is 3.17. The van der Waals surface area contributed by atoms with Crippen LogP contribution in [0.5, 0.6) is 5.75 Å². The molecule has 0 radical (unpaired) electrons. The Morgan fingerprint density at radius 3 is 2.29 bits per heavy atom. The first kappa shape index (κ1) is 14.0. The van der Waals surface area contributed by atoms with E-state index < -0.39 is 0 Å². The van der Waals surface area contributed by atoms with Gasteiger partial charge in [0.25, 0.3) is 0 Å². The van der Waals surface area contributed by atoms with Crippen molar-refractivity contribution in [1.29, 1.82) is 0 Å². The van der Waals surface area contributed by atoms with Gasteiger partial charge in [-0.05, 0) is 49.8 Å². The van der Waals surface area contributed by atoms with Gasteiger partial charge in [0.05, 0.1) is 7.11 Å². The highest BCUT2D eigenvalue weighted by Crippen LogP contribution is 2.20. The predicted molar refractivity (Wildman–Crippen MR) is 73.4 cm³/mol. The van der Waals surface area contributed by atoms with E-state index in [2.05, 4.69) is 32.9 Å². The minimum Gasteiger partial charge on any atom is -0.497 e. The van der Waals surface area contributed by atoms with Crippen LogP contribution in [0.1, 0.15) is 39.2 Å². The van der Waals surface area contributed by atoms with E-state index in [-0.39, 0.29) is 5.54 Å². The molecule has 0 bridgehead atoms. The molecule has 0 amide bonds. The van der Waals surface area contributed by atoms with Crippen molar-refractivity contribution in [2.75, 3.05) is 7.11 Å². The molecule has 1 rings (SSSR count). The van der Waals surface area contributed by atoms with Crippen molar-refractivity contribution in [3.8, 4) is 5.75 Å². The molecule has 2 heteroatoms. The van der Waals surface area contributed by atoms with E-state index in [0.717, 1.165) is 18.6 Å². The molecule has 0 heterocycles. The van der Waals surface area contributed by atoms with Crippen LogP contribution in [-0.2, 0) is 6.42 Å². The lowest BCUT2D eigenvalue weighted by Gasteiger charge is -2.25. The summed E-state index contributed by atoms with van der Waals surface area (Å²) < 4.78 is 5.15. The Balaban J connectivity index is 2.56. The van der Waals surface area contributed by atoms with E-state index in [1.165, 1.54) is 12.0 Å². The van der Waals surface area contributed by atoms with E-state index in [1.54, 1.807) is 7.11 Å². The van der Waals surface area contributed by atoms with Gasteiger partial charge in [0.15, 0.2) is 0 Å². The SMILES string of the molecule is COc1ccc(CC(C)(N)CCC(C)C)cc1. The van der Waals surface area contributed by atoms with Crippen LogP contribution in [0.3, 0.4) is 0 Å². The van der Waals surface area contributed by atoms with Crippen molar-refractivity contribution >= 4 is 0 Å². The molecule has 0 saturated heterocycles. The maximum Gasteiger partial charge on any atom is 0.118 e. The standard InChI is InChI=1S/C15H25NO/c1-12(2)9-10-15(3,16)11-13-5-7-14(17-4)8-6-13/h5-8,12H,9-11,16H2,1-4H3. The van der Waals surface area contributed by atoms with E-state index in [1.807, 2.05) is 12.1 Å². The van der Waals surface area contributed by atoms with Gasteiger partial charge in [-0.15, -0.1) is 0 Å². The smallest absolute Gasteiger partial charge is 0.118 e. The Morgan fingerprint density at radius 1 is 1.24 bits per heavy atom. The van der Waals surface area contributed by atoms with Gasteiger partial charge in [0.1, 0.15) is 5.75 Å². The molecule has 2 N–H and O–H groups in total. The van der Waals surface area contributed by atoms with E-state index >= 15 is 0 Å². The number of ether oxygens (including phenoxy) is 1. The van der Waals surface area contributed by atoms with Gasteiger partial charge in [0.2, 0.25) is 0 Å². The zero-order chi connectivity index (χ0) is 12.9. The predicted octanol–water partition coefficient (Wildman–Crippen LogP) is 3.39. The monoisotopic (exact) mass is 235 g/mol. The molecule has 0 aliphatic rings. The van der Waals surface area contributed by atoms with Crippen molar-refractivity contribution in [2.45, 2.75) is 45.6 Å². The minimum atomic E-state index is -0.112. The van der Waals surface area contributed by atoms with Crippen LogP contribution < -0.4 is 10.5 Å². The molecule has 1 atom stereocenters. The van der Waals surface area contributed by atoms with E-state index in [4.69, 9.17) is 10.5 Å². The fourth-order valence-electron chi connectivity index (χ4n) is 1.92. The number of nitrogens with two attached hydrogens (primary N) is 1. The first-order chi connectivity index (χ1) is 7.93. The lowest BCUT2D eigenvalue weighted by molar-refractivity contribution is 0.382. The van der Waals surface area contributed by atoms with Crippen molar-refractivity contribution in [1.82, 2.24) is 0 Å². The number of hydrogen-bond donors (Lipinski definition) is 1. The molecule has 17 heavy (non-hydrogen) atoms. The summed E-state index contributed by atoms with van der Waals surface area (Å²) in [6.45, 7) is 6.62. The Kier molecular flexibility index (Phi) is 5.01. The first-order valence-electron chi connectivity index (χ1n) is 6.35. The highest BCUT2D eigenvalue weighted by atomic mass is 16.5. The second kappa shape index (κ2) is 6.06. The van der Waals surface area contributed by atoms with Crippen LogP contribution in [0.4, 0.5) is 0 Å². The van der Waals surface area contributed by atoms with Crippen LogP contribution in [0.25, 0.3) is 0 Å². The molecular weight excluding hydrogens is 210 g/mol. The molecule has 0 aromatic heterocycles. The molecule has 1 aromatic rings. The highest BCUT2D eigenvalue weighted by molar-refractivity contribution is 5.28. The molecule has 96 valence electrons.